The first-order valence-electron chi connectivity index (χ1n) is 5.95. The molecule has 0 radical (unpaired) electrons. The predicted octanol–water partition coefficient (Wildman–Crippen LogP) is 3.81. The van der Waals surface area contributed by atoms with Gasteiger partial charge in [-0.3, -0.25) is 0 Å². The highest BCUT2D eigenvalue weighted by Crippen LogP contribution is 2.21. The lowest BCUT2D eigenvalue weighted by atomic mass is 10.2. The van der Waals surface area contributed by atoms with Gasteiger partial charge in [0.25, 0.3) is 0 Å². The summed E-state index contributed by atoms with van der Waals surface area (Å²) < 4.78 is 5.77. The van der Waals surface area contributed by atoms with E-state index in [0.717, 1.165) is 28.6 Å². The SMILES string of the molecule is Cc1ccccc1OCCc1nc(C)c(CS)s1. The van der Waals surface area contributed by atoms with Crippen LogP contribution < -0.4 is 4.74 Å². The van der Waals surface area contributed by atoms with Crippen LogP contribution in [0, 0.1) is 13.8 Å². The Morgan fingerprint density at radius 2 is 2.06 bits per heavy atom. The Balaban J connectivity index is 1.90. The molecule has 2 aromatic rings. The quantitative estimate of drug-likeness (QED) is 0.841. The van der Waals surface area contributed by atoms with Gasteiger partial charge in [-0.25, -0.2) is 4.98 Å². The number of benzene rings is 1. The van der Waals surface area contributed by atoms with Crippen LogP contribution in [0.1, 0.15) is 21.1 Å². The molecule has 0 atom stereocenters. The molecule has 0 saturated carbocycles. The number of hydrogen-bond donors (Lipinski definition) is 1. The molecule has 0 unspecified atom stereocenters. The van der Waals surface area contributed by atoms with Gasteiger partial charge in [-0.15, -0.1) is 11.3 Å². The predicted molar refractivity (Wildman–Crippen MR) is 79.9 cm³/mol. The Bertz CT molecular complexity index is 522. The molecular weight excluding hydrogens is 262 g/mol. The monoisotopic (exact) mass is 279 g/mol. The highest BCUT2D eigenvalue weighted by Gasteiger charge is 2.06. The van der Waals surface area contributed by atoms with Gasteiger partial charge in [-0.1, -0.05) is 18.2 Å². The van der Waals surface area contributed by atoms with E-state index in [9.17, 15) is 0 Å². The van der Waals surface area contributed by atoms with E-state index in [2.05, 4.69) is 30.6 Å². The number of rotatable bonds is 5. The molecule has 18 heavy (non-hydrogen) atoms. The van der Waals surface area contributed by atoms with Crippen molar-refractivity contribution in [3.05, 3.63) is 45.4 Å². The molecule has 2 rings (SSSR count). The maximum absolute atomic E-state index is 5.77. The summed E-state index contributed by atoms with van der Waals surface area (Å²) in [7, 11) is 0. The summed E-state index contributed by atoms with van der Waals surface area (Å²) in [5.41, 5.74) is 2.27. The van der Waals surface area contributed by atoms with Crippen molar-refractivity contribution >= 4 is 24.0 Å². The first kappa shape index (κ1) is 13.4. The van der Waals surface area contributed by atoms with Crippen LogP contribution in [-0.2, 0) is 12.2 Å². The average Bonchev–Trinajstić information content (AvgIpc) is 2.72. The van der Waals surface area contributed by atoms with E-state index < -0.39 is 0 Å². The minimum atomic E-state index is 0.670. The fourth-order valence-corrected chi connectivity index (χ4v) is 3.04. The summed E-state index contributed by atoms with van der Waals surface area (Å²) in [5.74, 6) is 1.72. The molecule has 0 aliphatic rings. The summed E-state index contributed by atoms with van der Waals surface area (Å²) in [6, 6.07) is 8.07. The van der Waals surface area contributed by atoms with Crippen molar-refractivity contribution in [2.45, 2.75) is 26.0 Å². The van der Waals surface area contributed by atoms with Gasteiger partial charge < -0.3 is 4.74 Å². The second-order valence-corrected chi connectivity index (χ2v) is 5.62. The van der Waals surface area contributed by atoms with Crippen molar-refractivity contribution < 1.29 is 4.74 Å². The van der Waals surface area contributed by atoms with E-state index in [-0.39, 0.29) is 0 Å². The average molecular weight is 279 g/mol. The molecule has 0 aliphatic carbocycles. The zero-order chi connectivity index (χ0) is 13.0. The van der Waals surface area contributed by atoms with Gasteiger partial charge in [-0.2, -0.15) is 12.6 Å². The Morgan fingerprint density at radius 3 is 2.72 bits per heavy atom. The molecular formula is C14H17NOS2. The van der Waals surface area contributed by atoms with Crippen LogP contribution >= 0.6 is 24.0 Å². The Kier molecular flexibility index (Phi) is 4.66. The molecule has 0 fully saturated rings. The minimum Gasteiger partial charge on any atom is -0.493 e. The van der Waals surface area contributed by atoms with Gasteiger partial charge in [0.15, 0.2) is 0 Å². The lowest BCUT2D eigenvalue weighted by Crippen LogP contribution is -2.02. The van der Waals surface area contributed by atoms with E-state index in [4.69, 9.17) is 4.74 Å². The van der Waals surface area contributed by atoms with Crippen molar-refractivity contribution in [1.29, 1.82) is 0 Å². The fourth-order valence-electron chi connectivity index (χ4n) is 1.71. The Labute approximate surface area is 117 Å². The van der Waals surface area contributed by atoms with Crippen molar-refractivity contribution in [3.63, 3.8) is 0 Å². The van der Waals surface area contributed by atoms with E-state index >= 15 is 0 Å². The van der Waals surface area contributed by atoms with E-state index in [1.54, 1.807) is 11.3 Å². The molecule has 96 valence electrons. The lowest BCUT2D eigenvalue weighted by Gasteiger charge is -2.07. The van der Waals surface area contributed by atoms with Crippen LogP contribution in [0.25, 0.3) is 0 Å². The van der Waals surface area contributed by atoms with Gasteiger partial charge in [-0.05, 0) is 25.5 Å². The van der Waals surface area contributed by atoms with Crippen molar-refractivity contribution in [3.8, 4) is 5.75 Å². The second-order valence-electron chi connectivity index (χ2n) is 4.14. The van der Waals surface area contributed by atoms with E-state index in [1.165, 1.54) is 10.4 Å². The number of para-hydroxylation sites is 1. The molecule has 0 bridgehead atoms. The first-order valence-corrected chi connectivity index (χ1v) is 7.40. The Hall–Kier alpha value is -1.000. The summed E-state index contributed by atoms with van der Waals surface area (Å²) in [5, 5.41) is 1.13. The van der Waals surface area contributed by atoms with Gasteiger partial charge >= 0.3 is 0 Å². The molecule has 2 nitrogen and oxygen atoms in total. The molecule has 0 saturated heterocycles. The van der Waals surface area contributed by atoms with Gasteiger partial charge in [0.2, 0.25) is 0 Å². The second kappa shape index (κ2) is 6.25. The van der Waals surface area contributed by atoms with Crippen molar-refractivity contribution in [1.82, 2.24) is 4.98 Å². The summed E-state index contributed by atoms with van der Waals surface area (Å²) in [6.07, 6.45) is 0.855. The largest absolute Gasteiger partial charge is 0.493 e. The smallest absolute Gasteiger partial charge is 0.122 e. The van der Waals surface area contributed by atoms with Gasteiger partial charge in [0.05, 0.1) is 17.3 Å². The van der Waals surface area contributed by atoms with Crippen LogP contribution in [0.3, 0.4) is 0 Å². The molecule has 1 aromatic carbocycles. The van der Waals surface area contributed by atoms with Crippen LogP contribution in [-0.4, -0.2) is 11.6 Å². The maximum atomic E-state index is 5.77. The molecule has 0 N–H and O–H groups in total. The first-order chi connectivity index (χ1) is 8.70. The zero-order valence-electron chi connectivity index (χ0n) is 10.6. The third-order valence-electron chi connectivity index (χ3n) is 2.75. The molecule has 1 heterocycles. The minimum absolute atomic E-state index is 0.670. The molecule has 4 heteroatoms. The number of nitrogens with zero attached hydrogens (tertiary/aromatic N) is 1. The number of hydrogen-bond acceptors (Lipinski definition) is 4. The molecule has 1 aromatic heterocycles. The number of aromatic nitrogens is 1. The normalized spacial score (nSPS) is 10.6. The topological polar surface area (TPSA) is 22.1 Å². The standard InChI is InChI=1S/C14H17NOS2/c1-10-5-3-4-6-12(10)16-8-7-14-15-11(2)13(9-17)18-14/h3-6,17H,7-9H2,1-2H3. The van der Waals surface area contributed by atoms with Gasteiger partial charge in [0, 0.05) is 17.1 Å². The zero-order valence-corrected chi connectivity index (χ0v) is 12.4. The molecule has 0 aliphatic heterocycles. The van der Waals surface area contributed by atoms with Crippen LogP contribution in [0.5, 0.6) is 5.75 Å². The van der Waals surface area contributed by atoms with Crippen molar-refractivity contribution in [2.75, 3.05) is 6.61 Å². The van der Waals surface area contributed by atoms with Crippen LogP contribution in [0.4, 0.5) is 0 Å². The lowest BCUT2D eigenvalue weighted by molar-refractivity contribution is 0.319. The number of thiazole rings is 1. The number of aryl methyl sites for hydroxylation is 2. The highest BCUT2D eigenvalue weighted by atomic mass is 32.1. The molecule has 0 amide bonds. The van der Waals surface area contributed by atoms with Crippen LogP contribution in [0.2, 0.25) is 0 Å². The number of thiol groups is 1. The van der Waals surface area contributed by atoms with Crippen molar-refractivity contribution in [2.24, 2.45) is 0 Å². The summed E-state index contributed by atoms with van der Waals surface area (Å²) in [4.78, 5) is 5.78. The fraction of sp³-hybridized carbons (Fsp3) is 0.357. The molecule has 0 spiro atoms. The number of ether oxygens (including phenoxy) is 1. The summed E-state index contributed by atoms with van der Waals surface area (Å²) >= 11 is 6.03. The maximum Gasteiger partial charge on any atom is 0.122 e. The van der Waals surface area contributed by atoms with E-state index in [0.29, 0.717) is 6.61 Å². The summed E-state index contributed by atoms with van der Waals surface area (Å²) in [6.45, 7) is 4.76. The van der Waals surface area contributed by atoms with Crippen LogP contribution in [0.15, 0.2) is 24.3 Å². The Morgan fingerprint density at radius 1 is 1.28 bits per heavy atom. The van der Waals surface area contributed by atoms with E-state index in [1.807, 2.05) is 25.1 Å². The third-order valence-corrected chi connectivity index (χ3v) is 4.50. The third kappa shape index (κ3) is 3.27. The highest BCUT2D eigenvalue weighted by molar-refractivity contribution is 7.79. The van der Waals surface area contributed by atoms with Gasteiger partial charge in [0.1, 0.15) is 5.75 Å².